The zero-order valence-electron chi connectivity index (χ0n) is 10.5. The van der Waals surface area contributed by atoms with E-state index in [9.17, 15) is 4.79 Å². The molecule has 2 rings (SSSR count). The number of nitrogens with zero attached hydrogens (tertiary/aromatic N) is 1. The summed E-state index contributed by atoms with van der Waals surface area (Å²) >= 11 is 9.47. The minimum Gasteiger partial charge on any atom is -0.321 e. The number of hydrogen-bond acceptors (Lipinski definition) is 2. The smallest absolute Gasteiger partial charge is 0.257 e. The first kappa shape index (κ1) is 14.0. The summed E-state index contributed by atoms with van der Waals surface area (Å²) in [6.07, 6.45) is 1.66. The number of aromatic nitrogens is 1. The summed E-state index contributed by atoms with van der Waals surface area (Å²) in [6, 6.07) is 7.07. The molecule has 2 aromatic rings. The second kappa shape index (κ2) is 5.72. The van der Waals surface area contributed by atoms with Gasteiger partial charge >= 0.3 is 0 Å². The predicted octanol–water partition coefficient (Wildman–Crippen LogP) is 4.37. The Morgan fingerprint density at radius 3 is 2.79 bits per heavy atom. The summed E-state index contributed by atoms with van der Waals surface area (Å²) in [5, 5.41) is 3.44. The molecule has 0 atom stereocenters. The molecule has 0 aliphatic carbocycles. The first-order valence-electron chi connectivity index (χ1n) is 5.67. The van der Waals surface area contributed by atoms with E-state index >= 15 is 0 Å². The van der Waals surface area contributed by atoms with Gasteiger partial charge in [0.05, 0.1) is 11.3 Å². The lowest BCUT2D eigenvalue weighted by Gasteiger charge is -2.10. The van der Waals surface area contributed by atoms with Crippen molar-refractivity contribution in [3.63, 3.8) is 0 Å². The molecule has 0 aliphatic rings. The van der Waals surface area contributed by atoms with Gasteiger partial charge in [-0.15, -0.1) is 0 Å². The number of benzene rings is 1. The molecule has 1 N–H and O–H groups in total. The van der Waals surface area contributed by atoms with Crippen LogP contribution in [-0.2, 0) is 0 Å². The van der Waals surface area contributed by atoms with Crippen LogP contribution in [0.3, 0.4) is 0 Å². The SMILES string of the molecule is Cc1cc(Br)c(NC(=O)c2cccnc2C)cc1Cl. The van der Waals surface area contributed by atoms with Crippen LogP contribution in [0.15, 0.2) is 34.9 Å². The maximum Gasteiger partial charge on any atom is 0.257 e. The molecule has 5 heteroatoms. The highest BCUT2D eigenvalue weighted by molar-refractivity contribution is 9.10. The highest BCUT2D eigenvalue weighted by atomic mass is 79.9. The number of rotatable bonds is 2. The van der Waals surface area contributed by atoms with Crippen LogP contribution in [0, 0.1) is 13.8 Å². The van der Waals surface area contributed by atoms with E-state index in [2.05, 4.69) is 26.2 Å². The molecule has 1 aromatic heterocycles. The molecule has 1 aromatic carbocycles. The van der Waals surface area contributed by atoms with Crippen molar-refractivity contribution in [2.24, 2.45) is 0 Å². The summed E-state index contributed by atoms with van der Waals surface area (Å²) in [5.74, 6) is -0.203. The fraction of sp³-hybridized carbons (Fsp3) is 0.143. The number of nitrogens with one attached hydrogen (secondary N) is 1. The molecule has 98 valence electrons. The Balaban J connectivity index is 2.30. The maximum atomic E-state index is 12.2. The predicted molar refractivity (Wildman–Crippen MR) is 80.8 cm³/mol. The molecular formula is C14H12BrClN2O. The number of halogens is 2. The fourth-order valence-corrected chi connectivity index (χ4v) is 2.38. The Labute approximate surface area is 125 Å². The van der Waals surface area contributed by atoms with Gasteiger partial charge in [-0.1, -0.05) is 11.6 Å². The molecule has 0 spiro atoms. The molecule has 0 saturated heterocycles. The monoisotopic (exact) mass is 338 g/mol. The Hall–Kier alpha value is -1.39. The molecule has 0 aliphatic heterocycles. The lowest BCUT2D eigenvalue weighted by Crippen LogP contribution is -2.14. The van der Waals surface area contributed by atoms with Gasteiger partial charge in [-0.3, -0.25) is 9.78 Å². The average molecular weight is 340 g/mol. The molecule has 1 amide bonds. The molecular weight excluding hydrogens is 328 g/mol. The van der Waals surface area contributed by atoms with E-state index < -0.39 is 0 Å². The molecule has 0 radical (unpaired) electrons. The van der Waals surface area contributed by atoms with Crippen molar-refractivity contribution in [1.29, 1.82) is 0 Å². The van der Waals surface area contributed by atoms with E-state index in [0.29, 0.717) is 22.0 Å². The van der Waals surface area contributed by atoms with E-state index in [1.165, 1.54) is 0 Å². The normalized spacial score (nSPS) is 10.3. The van der Waals surface area contributed by atoms with Crippen molar-refractivity contribution in [3.05, 3.63) is 56.8 Å². The van der Waals surface area contributed by atoms with Crippen LogP contribution in [0.25, 0.3) is 0 Å². The Morgan fingerprint density at radius 1 is 1.37 bits per heavy atom. The molecule has 3 nitrogen and oxygen atoms in total. The third kappa shape index (κ3) is 3.14. The highest BCUT2D eigenvalue weighted by Gasteiger charge is 2.12. The molecule has 0 saturated carbocycles. The number of hydrogen-bond donors (Lipinski definition) is 1. The van der Waals surface area contributed by atoms with Gasteiger partial charge in [0, 0.05) is 21.4 Å². The summed E-state index contributed by atoms with van der Waals surface area (Å²) in [5.41, 5.74) is 2.83. The highest BCUT2D eigenvalue weighted by Crippen LogP contribution is 2.29. The van der Waals surface area contributed by atoms with Gasteiger partial charge < -0.3 is 5.32 Å². The molecule has 0 unspecified atom stereocenters. The lowest BCUT2D eigenvalue weighted by molar-refractivity contribution is 0.102. The van der Waals surface area contributed by atoms with Gasteiger partial charge in [0.1, 0.15) is 0 Å². The first-order valence-corrected chi connectivity index (χ1v) is 6.84. The molecule has 0 bridgehead atoms. The van der Waals surface area contributed by atoms with Crippen molar-refractivity contribution in [1.82, 2.24) is 4.98 Å². The van der Waals surface area contributed by atoms with Gasteiger partial charge in [0.25, 0.3) is 5.91 Å². The average Bonchev–Trinajstić information content (AvgIpc) is 2.36. The zero-order valence-corrected chi connectivity index (χ0v) is 12.8. The van der Waals surface area contributed by atoms with Gasteiger partial charge in [0.15, 0.2) is 0 Å². The standard InChI is InChI=1S/C14H12BrClN2O/c1-8-6-11(15)13(7-12(8)16)18-14(19)10-4-3-5-17-9(10)2/h3-7H,1-2H3,(H,18,19). The van der Waals surface area contributed by atoms with Crippen molar-refractivity contribution in [3.8, 4) is 0 Å². The van der Waals surface area contributed by atoms with E-state index in [0.717, 1.165) is 10.0 Å². The summed E-state index contributed by atoms with van der Waals surface area (Å²) in [4.78, 5) is 16.3. The van der Waals surface area contributed by atoms with E-state index in [1.807, 2.05) is 13.0 Å². The number of pyridine rings is 1. The summed E-state index contributed by atoms with van der Waals surface area (Å²) in [7, 11) is 0. The Kier molecular flexibility index (Phi) is 4.22. The number of carbonyl (C=O) groups is 1. The van der Waals surface area contributed by atoms with Crippen molar-refractivity contribution in [2.75, 3.05) is 5.32 Å². The number of carbonyl (C=O) groups excluding carboxylic acids is 1. The minimum absolute atomic E-state index is 0.203. The van der Waals surface area contributed by atoms with Crippen LogP contribution in [-0.4, -0.2) is 10.9 Å². The number of aryl methyl sites for hydroxylation is 2. The quantitative estimate of drug-likeness (QED) is 0.883. The zero-order chi connectivity index (χ0) is 14.0. The fourth-order valence-electron chi connectivity index (χ4n) is 1.66. The Bertz CT molecular complexity index is 643. The summed E-state index contributed by atoms with van der Waals surface area (Å²) < 4.78 is 0.796. The van der Waals surface area contributed by atoms with Gasteiger partial charge in [0.2, 0.25) is 0 Å². The van der Waals surface area contributed by atoms with E-state index in [-0.39, 0.29) is 5.91 Å². The largest absolute Gasteiger partial charge is 0.321 e. The number of amides is 1. The van der Waals surface area contributed by atoms with Crippen LogP contribution < -0.4 is 5.32 Å². The van der Waals surface area contributed by atoms with Crippen LogP contribution in [0.1, 0.15) is 21.6 Å². The van der Waals surface area contributed by atoms with Crippen LogP contribution >= 0.6 is 27.5 Å². The molecule has 19 heavy (non-hydrogen) atoms. The maximum absolute atomic E-state index is 12.2. The molecule has 1 heterocycles. The van der Waals surface area contributed by atoms with Crippen LogP contribution in [0.4, 0.5) is 5.69 Å². The van der Waals surface area contributed by atoms with Crippen molar-refractivity contribution >= 4 is 39.1 Å². The van der Waals surface area contributed by atoms with Gasteiger partial charge in [-0.05, 0) is 59.6 Å². The Morgan fingerprint density at radius 2 is 2.11 bits per heavy atom. The number of anilines is 1. The van der Waals surface area contributed by atoms with Crippen LogP contribution in [0.5, 0.6) is 0 Å². The third-order valence-corrected chi connectivity index (χ3v) is 3.81. The van der Waals surface area contributed by atoms with Gasteiger partial charge in [-0.2, -0.15) is 0 Å². The van der Waals surface area contributed by atoms with E-state index in [1.54, 1.807) is 31.3 Å². The second-order valence-electron chi connectivity index (χ2n) is 4.17. The van der Waals surface area contributed by atoms with Crippen molar-refractivity contribution in [2.45, 2.75) is 13.8 Å². The van der Waals surface area contributed by atoms with Crippen molar-refractivity contribution < 1.29 is 4.79 Å². The van der Waals surface area contributed by atoms with Crippen LogP contribution in [0.2, 0.25) is 5.02 Å². The first-order chi connectivity index (χ1) is 8.99. The minimum atomic E-state index is -0.203. The third-order valence-electron chi connectivity index (χ3n) is 2.75. The molecule has 0 fully saturated rings. The summed E-state index contributed by atoms with van der Waals surface area (Å²) in [6.45, 7) is 3.70. The van der Waals surface area contributed by atoms with E-state index in [4.69, 9.17) is 11.6 Å². The van der Waals surface area contributed by atoms with Gasteiger partial charge in [-0.25, -0.2) is 0 Å². The second-order valence-corrected chi connectivity index (χ2v) is 5.43. The topological polar surface area (TPSA) is 42.0 Å². The lowest BCUT2D eigenvalue weighted by atomic mass is 10.2.